The molecule has 0 radical (unpaired) electrons. The number of piperidine rings is 1. The van der Waals surface area contributed by atoms with E-state index in [1.54, 1.807) is 42.7 Å². The van der Waals surface area contributed by atoms with Crippen molar-refractivity contribution in [2.45, 2.75) is 19.3 Å². The van der Waals surface area contributed by atoms with E-state index in [0.717, 1.165) is 25.9 Å². The fraction of sp³-hybridized carbons (Fsp3) is 0.273. The number of anilines is 3. The molecule has 0 aliphatic carbocycles. The Morgan fingerprint density at radius 3 is 2.62 bits per heavy atom. The van der Waals surface area contributed by atoms with Gasteiger partial charge < -0.3 is 15.5 Å². The number of aromatic nitrogens is 2. The van der Waals surface area contributed by atoms with Crippen LogP contribution in [0.15, 0.2) is 48.1 Å². The zero-order valence-corrected chi connectivity index (χ0v) is 19.4. The number of carbonyl (C=O) groups is 2. The quantitative estimate of drug-likeness (QED) is 0.487. The average molecular weight is 490 g/mol. The van der Waals surface area contributed by atoms with Crippen molar-refractivity contribution in [3.05, 3.63) is 63.7 Å². The van der Waals surface area contributed by atoms with Crippen molar-refractivity contribution in [1.82, 2.24) is 9.97 Å². The normalized spacial score (nSPS) is 14.2. The summed E-state index contributed by atoms with van der Waals surface area (Å²) in [6, 6.07) is 8.44. The van der Waals surface area contributed by atoms with Crippen LogP contribution < -0.4 is 15.5 Å². The second-order valence-electron chi connectivity index (χ2n) is 7.51. The molecular weight excluding hydrogens is 469 g/mol. The molecular formula is C22H21Cl2N5O2S. The van der Waals surface area contributed by atoms with Gasteiger partial charge in [-0.15, -0.1) is 11.3 Å². The first-order valence-corrected chi connectivity index (χ1v) is 11.8. The zero-order chi connectivity index (χ0) is 22.5. The van der Waals surface area contributed by atoms with Crippen molar-refractivity contribution < 1.29 is 9.59 Å². The molecule has 2 amide bonds. The average Bonchev–Trinajstić information content (AvgIpc) is 3.27. The summed E-state index contributed by atoms with van der Waals surface area (Å²) < 4.78 is 0. The van der Waals surface area contributed by atoms with E-state index >= 15 is 0 Å². The Kier molecular flexibility index (Phi) is 7.24. The summed E-state index contributed by atoms with van der Waals surface area (Å²) >= 11 is 13.6. The van der Waals surface area contributed by atoms with E-state index in [2.05, 4.69) is 25.5 Å². The number of benzene rings is 1. The summed E-state index contributed by atoms with van der Waals surface area (Å²) in [6.45, 7) is 1.45. The number of pyridine rings is 1. The van der Waals surface area contributed by atoms with E-state index in [1.165, 1.54) is 11.3 Å². The van der Waals surface area contributed by atoms with Crippen LogP contribution in [-0.4, -0.2) is 34.9 Å². The van der Waals surface area contributed by atoms with Crippen molar-refractivity contribution in [2.24, 2.45) is 5.92 Å². The van der Waals surface area contributed by atoms with Gasteiger partial charge in [0.05, 0.1) is 10.7 Å². The maximum atomic E-state index is 12.7. The van der Waals surface area contributed by atoms with Crippen LogP contribution in [-0.2, 0) is 4.79 Å². The molecule has 10 heteroatoms. The number of nitrogens with zero attached hydrogens (tertiary/aromatic N) is 3. The zero-order valence-electron chi connectivity index (χ0n) is 17.1. The highest BCUT2D eigenvalue weighted by Gasteiger charge is 2.25. The van der Waals surface area contributed by atoms with E-state index in [0.29, 0.717) is 38.7 Å². The highest BCUT2D eigenvalue weighted by molar-refractivity contribution is 7.13. The molecule has 2 N–H and O–H groups in total. The van der Waals surface area contributed by atoms with Gasteiger partial charge in [-0.3, -0.25) is 9.59 Å². The molecule has 0 unspecified atom stereocenters. The summed E-state index contributed by atoms with van der Waals surface area (Å²) in [5, 5.41) is 9.12. The minimum absolute atomic E-state index is 0.0162. The molecule has 1 aliphatic heterocycles. The van der Waals surface area contributed by atoms with Gasteiger partial charge in [0.1, 0.15) is 0 Å². The van der Waals surface area contributed by atoms with Crippen LogP contribution in [0.3, 0.4) is 0 Å². The molecule has 0 atom stereocenters. The molecule has 2 aromatic heterocycles. The van der Waals surface area contributed by atoms with Gasteiger partial charge in [0, 0.05) is 47.9 Å². The second-order valence-corrected chi connectivity index (χ2v) is 9.28. The maximum absolute atomic E-state index is 12.7. The van der Waals surface area contributed by atoms with E-state index in [9.17, 15) is 9.59 Å². The van der Waals surface area contributed by atoms with E-state index < -0.39 is 0 Å². The number of rotatable bonds is 6. The van der Waals surface area contributed by atoms with Gasteiger partial charge in [-0.25, -0.2) is 9.97 Å². The molecule has 3 heterocycles. The number of hydrogen-bond donors (Lipinski definition) is 2. The predicted molar refractivity (Wildman–Crippen MR) is 129 cm³/mol. The summed E-state index contributed by atoms with van der Waals surface area (Å²) in [6.07, 6.45) is 5.38. The Bertz CT molecular complexity index is 1100. The lowest BCUT2D eigenvalue weighted by Crippen LogP contribution is -2.36. The first-order valence-electron chi connectivity index (χ1n) is 10.1. The summed E-state index contributed by atoms with van der Waals surface area (Å²) in [5.74, 6) is 0.641. The fourth-order valence-corrected chi connectivity index (χ4v) is 4.56. The van der Waals surface area contributed by atoms with Crippen molar-refractivity contribution >= 4 is 63.0 Å². The second kappa shape index (κ2) is 10.3. The molecule has 1 aliphatic rings. The SMILES string of the molecule is O=C(CC1CCN(c2ncc(Cl)cc2NC(=O)c2cccc(Cl)c2)CC1)Nc1nccs1. The monoisotopic (exact) mass is 489 g/mol. The van der Waals surface area contributed by atoms with E-state index in [1.807, 2.05) is 5.38 Å². The van der Waals surface area contributed by atoms with Crippen molar-refractivity contribution in [1.29, 1.82) is 0 Å². The Labute approximate surface area is 199 Å². The largest absolute Gasteiger partial charge is 0.355 e. The lowest BCUT2D eigenvalue weighted by Gasteiger charge is -2.33. The van der Waals surface area contributed by atoms with Gasteiger partial charge in [-0.2, -0.15) is 0 Å². The lowest BCUT2D eigenvalue weighted by molar-refractivity contribution is -0.117. The molecule has 0 bridgehead atoms. The number of thiazole rings is 1. The summed E-state index contributed by atoms with van der Waals surface area (Å²) in [7, 11) is 0. The molecule has 1 aromatic carbocycles. The lowest BCUT2D eigenvalue weighted by atomic mass is 9.93. The smallest absolute Gasteiger partial charge is 0.255 e. The molecule has 166 valence electrons. The third-order valence-electron chi connectivity index (χ3n) is 5.24. The summed E-state index contributed by atoms with van der Waals surface area (Å²) in [4.78, 5) is 35.6. The number of hydrogen-bond acceptors (Lipinski definition) is 6. The Morgan fingerprint density at radius 1 is 1.09 bits per heavy atom. The van der Waals surface area contributed by atoms with Crippen molar-refractivity contribution in [2.75, 3.05) is 28.6 Å². The van der Waals surface area contributed by atoms with Crippen molar-refractivity contribution in [3.8, 4) is 0 Å². The Hall–Kier alpha value is -2.68. The predicted octanol–water partition coefficient (Wildman–Crippen LogP) is 5.34. The third kappa shape index (κ3) is 5.76. The molecule has 32 heavy (non-hydrogen) atoms. The van der Waals surface area contributed by atoms with Gasteiger partial charge in [0.25, 0.3) is 5.91 Å². The minimum atomic E-state index is -0.286. The Balaban J connectivity index is 1.39. The maximum Gasteiger partial charge on any atom is 0.255 e. The molecule has 7 nitrogen and oxygen atoms in total. The van der Waals surface area contributed by atoms with Crippen LogP contribution in [0.2, 0.25) is 10.0 Å². The minimum Gasteiger partial charge on any atom is -0.355 e. The van der Waals surface area contributed by atoms with Crippen LogP contribution >= 0.6 is 34.5 Å². The fourth-order valence-electron chi connectivity index (χ4n) is 3.67. The summed E-state index contributed by atoms with van der Waals surface area (Å²) in [5.41, 5.74) is 0.996. The van der Waals surface area contributed by atoms with Gasteiger partial charge in [0.15, 0.2) is 10.9 Å². The van der Waals surface area contributed by atoms with Crippen LogP contribution in [0, 0.1) is 5.92 Å². The van der Waals surface area contributed by atoms with Crippen LogP contribution in [0.4, 0.5) is 16.6 Å². The van der Waals surface area contributed by atoms with Crippen LogP contribution in [0.1, 0.15) is 29.6 Å². The molecule has 1 fully saturated rings. The molecule has 4 rings (SSSR count). The first kappa shape index (κ1) is 22.5. The van der Waals surface area contributed by atoms with Gasteiger partial charge >= 0.3 is 0 Å². The number of halogens is 2. The first-order chi connectivity index (χ1) is 15.5. The Morgan fingerprint density at radius 2 is 1.91 bits per heavy atom. The topological polar surface area (TPSA) is 87.2 Å². The molecule has 3 aromatic rings. The van der Waals surface area contributed by atoms with Crippen LogP contribution in [0.25, 0.3) is 0 Å². The third-order valence-corrected chi connectivity index (χ3v) is 6.37. The standard InChI is InChI=1S/C22H21Cl2N5O2S/c23-16-3-1-2-15(11-16)21(31)27-18-12-17(24)13-26-20(18)29-7-4-14(5-8-29)10-19(30)28-22-25-6-9-32-22/h1-3,6,9,11-14H,4-5,7-8,10H2,(H,27,31)(H,25,28,30). The molecule has 0 spiro atoms. The van der Waals surface area contributed by atoms with E-state index in [-0.39, 0.29) is 17.7 Å². The highest BCUT2D eigenvalue weighted by atomic mass is 35.5. The van der Waals surface area contributed by atoms with Crippen molar-refractivity contribution in [3.63, 3.8) is 0 Å². The van der Waals surface area contributed by atoms with Gasteiger partial charge in [-0.05, 0) is 43.0 Å². The molecule has 0 saturated carbocycles. The highest BCUT2D eigenvalue weighted by Crippen LogP contribution is 2.31. The molecule has 1 saturated heterocycles. The van der Waals surface area contributed by atoms with Gasteiger partial charge in [-0.1, -0.05) is 29.3 Å². The van der Waals surface area contributed by atoms with Gasteiger partial charge in [0.2, 0.25) is 5.91 Å². The van der Waals surface area contributed by atoms with Crippen LogP contribution in [0.5, 0.6) is 0 Å². The van der Waals surface area contributed by atoms with E-state index in [4.69, 9.17) is 23.2 Å². The number of nitrogens with one attached hydrogen (secondary N) is 2. The number of amides is 2. The number of carbonyl (C=O) groups excluding carboxylic acids is 2.